The third-order valence-corrected chi connectivity index (χ3v) is 3.22. The molecule has 2 heterocycles. The van der Waals surface area contributed by atoms with Gasteiger partial charge in [0, 0.05) is 23.0 Å². The molecule has 4 heteroatoms. The van der Waals surface area contributed by atoms with Gasteiger partial charge in [0.2, 0.25) is 0 Å². The molecule has 2 aromatic rings. The highest BCUT2D eigenvalue weighted by molar-refractivity contribution is 6.32. The number of halogens is 1. The Morgan fingerprint density at radius 3 is 3.00 bits per heavy atom. The maximum atomic E-state index is 6.08. The number of aliphatic imine (C=N–C) groups is 1. The van der Waals surface area contributed by atoms with Crippen molar-refractivity contribution in [1.82, 2.24) is 4.98 Å². The number of rotatable bonds is 1. The zero-order valence-corrected chi connectivity index (χ0v) is 10.8. The third kappa shape index (κ3) is 2.18. The molecule has 0 amide bonds. The number of benzene rings is 1. The SMILES string of the molecule is C#Cc1ccc(NC2=NCc3cccnc32)cc1Cl. The van der Waals surface area contributed by atoms with Gasteiger partial charge in [0.05, 0.1) is 11.6 Å². The van der Waals surface area contributed by atoms with Gasteiger partial charge in [0.1, 0.15) is 5.69 Å². The molecule has 0 saturated heterocycles. The Bertz CT molecular complexity index is 714. The molecule has 1 aromatic heterocycles. The number of fused-ring (bicyclic) bond motifs is 1. The zero-order chi connectivity index (χ0) is 13.2. The Hall–Kier alpha value is -2.31. The number of hydrogen-bond donors (Lipinski definition) is 1. The van der Waals surface area contributed by atoms with Crippen molar-refractivity contribution in [2.75, 3.05) is 5.32 Å². The first-order valence-electron chi connectivity index (χ1n) is 5.80. The second-order valence-corrected chi connectivity index (χ2v) is 4.55. The lowest BCUT2D eigenvalue weighted by molar-refractivity contribution is 1.09. The number of terminal acetylenes is 1. The maximum absolute atomic E-state index is 6.08. The van der Waals surface area contributed by atoms with Crippen molar-refractivity contribution in [2.24, 2.45) is 4.99 Å². The van der Waals surface area contributed by atoms with E-state index < -0.39 is 0 Å². The number of nitrogens with one attached hydrogen (secondary N) is 1. The standard InChI is InChI=1S/C15H10ClN3/c1-2-10-5-6-12(8-13(10)16)19-15-14-11(9-18-15)4-3-7-17-14/h1,3-8H,9H2,(H,18,19). The van der Waals surface area contributed by atoms with Crippen molar-refractivity contribution in [1.29, 1.82) is 0 Å². The highest BCUT2D eigenvalue weighted by Crippen LogP contribution is 2.22. The molecule has 0 fully saturated rings. The van der Waals surface area contributed by atoms with Crippen molar-refractivity contribution in [3.05, 3.63) is 58.4 Å². The van der Waals surface area contributed by atoms with E-state index in [4.69, 9.17) is 18.0 Å². The Kier molecular flexibility index (Phi) is 2.94. The van der Waals surface area contributed by atoms with Crippen LogP contribution in [0.15, 0.2) is 41.5 Å². The second kappa shape index (κ2) is 4.75. The van der Waals surface area contributed by atoms with Crippen LogP contribution in [-0.2, 0) is 6.54 Å². The van der Waals surface area contributed by atoms with E-state index in [2.05, 4.69) is 21.2 Å². The Balaban J connectivity index is 1.88. The van der Waals surface area contributed by atoms with Gasteiger partial charge in [-0.15, -0.1) is 6.42 Å². The number of hydrogen-bond acceptors (Lipinski definition) is 3. The number of anilines is 1. The van der Waals surface area contributed by atoms with E-state index in [1.165, 1.54) is 0 Å². The molecule has 1 aliphatic rings. The van der Waals surface area contributed by atoms with Crippen molar-refractivity contribution < 1.29 is 0 Å². The van der Waals surface area contributed by atoms with Gasteiger partial charge in [0.25, 0.3) is 0 Å². The summed E-state index contributed by atoms with van der Waals surface area (Å²) >= 11 is 6.08. The van der Waals surface area contributed by atoms with Gasteiger partial charge < -0.3 is 5.32 Å². The van der Waals surface area contributed by atoms with E-state index >= 15 is 0 Å². The number of amidine groups is 1. The summed E-state index contributed by atoms with van der Waals surface area (Å²) in [6, 6.07) is 9.41. The van der Waals surface area contributed by atoms with Crippen LogP contribution in [0.25, 0.3) is 0 Å². The minimum atomic E-state index is 0.548. The van der Waals surface area contributed by atoms with Crippen molar-refractivity contribution >= 4 is 23.1 Å². The average Bonchev–Trinajstić information content (AvgIpc) is 2.83. The number of nitrogens with zero attached hydrogens (tertiary/aromatic N) is 2. The fraction of sp³-hybridized carbons (Fsp3) is 0.0667. The van der Waals surface area contributed by atoms with Gasteiger partial charge in [0.15, 0.2) is 5.84 Å². The summed E-state index contributed by atoms with van der Waals surface area (Å²) in [4.78, 5) is 8.77. The Morgan fingerprint density at radius 1 is 1.32 bits per heavy atom. The van der Waals surface area contributed by atoms with Gasteiger partial charge in [-0.1, -0.05) is 23.6 Å². The molecule has 3 nitrogen and oxygen atoms in total. The van der Waals surface area contributed by atoms with Crippen LogP contribution >= 0.6 is 11.6 Å². The van der Waals surface area contributed by atoms with Crippen LogP contribution in [0.1, 0.15) is 16.8 Å². The summed E-state index contributed by atoms with van der Waals surface area (Å²) in [5, 5.41) is 3.77. The number of pyridine rings is 1. The minimum Gasteiger partial charge on any atom is -0.339 e. The molecule has 1 aliphatic heterocycles. The average molecular weight is 268 g/mol. The molecule has 0 saturated carbocycles. The Morgan fingerprint density at radius 2 is 2.21 bits per heavy atom. The smallest absolute Gasteiger partial charge is 0.152 e. The molecule has 92 valence electrons. The largest absolute Gasteiger partial charge is 0.339 e. The molecule has 3 rings (SSSR count). The quantitative estimate of drug-likeness (QED) is 0.806. The first-order chi connectivity index (χ1) is 9.28. The molecule has 0 aliphatic carbocycles. The van der Waals surface area contributed by atoms with Crippen LogP contribution < -0.4 is 5.32 Å². The summed E-state index contributed by atoms with van der Waals surface area (Å²) in [7, 11) is 0. The van der Waals surface area contributed by atoms with Crippen LogP contribution in [0.4, 0.5) is 5.69 Å². The topological polar surface area (TPSA) is 37.3 Å². The molecule has 0 bridgehead atoms. The fourth-order valence-electron chi connectivity index (χ4n) is 1.96. The summed E-state index contributed by atoms with van der Waals surface area (Å²) in [5.41, 5.74) is 3.54. The van der Waals surface area contributed by atoms with Gasteiger partial charge >= 0.3 is 0 Å². The molecule has 0 spiro atoms. The van der Waals surface area contributed by atoms with Crippen molar-refractivity contribution in [3.63, 3.8) is 0 Å². The van der Waals surface area contributed by atoms with Gasteiger partial charge in [-0.05, 0) is 24.3 Å². The highest BCUT2D eigenvalue weighted by Gasteiger charge is 2.16. The van der Waals surface area contributed by atoms with Crippen LogP contribution in [0.3, 0.4) is 0 Å². The fourth-order valence-corrected chi connectivity index (χ4v) is 2.20. The molecular weight excluding hydrogens is 258 g/mol. The van der Waals surface area contributed by atoms with E-state index in [1.54, 1.807) is 18.3 Å². The maximum Gasteiger partial charge on any atom is 0.152 e. The van der Waals surface area contributed by atoms with Crippen molar-refractivity contribution in [2.45, 2.75) is 6.54 Å². The summed E-state index contributed by atoms with van der Waals surface area (Å²) in [6.07, 6.45) is 7.10. The molecule has 0 atom stereocenters. The first-order valence-corrected chi connectivity index (χ1v) is 6.17. The van der Waals surface area contributed by atoms with Gasteiger partial charge in [-0.3, -0.25) is 9.98 Å². The lowest BCUT2D eigenvalue weighted by Crippen LogP contribution is -2.13. The summed E-state index contributed by atoms with van der Waals surface area (Å²) < 4.78 is 0. The predicted octanol–water partition coefficient (Wildman–Crippen LogP) is 3.09. The molecule has 1 aromatic carbocycles. The van der Waals surface area contributed by atoms with Crippen LogP contribution in [0.2, 0.25) is 5.02 Å². The normalized spacial score (nSPS) is 12.5. The number of aromatic nitrogens is 1. The first kappa shape index (κ1) is 11.8. The lowest BCUT2D eigenvalue weighted by Gasteiger charge is -2.07. The van der Waals surface area contributed by atoms with Gasteiger partial charge in [-0.25, -0.2) is 0 Å². The zero-order valence-electron chi connectivity index (χ0n) is 10.0. The molecule has 19 heavy (non-hydrogen) atoms. The van der Waals surface area contributed by atoms with Crippen LogP contribution in [0, 0.1) is 12.3 Å². The molecule has 0 radical (unpaired) electrons. The molecule has 1 N–H and O–H groups in total. The van der Waals surface area contributed by atoms with Crippen molar-refractivity contribution in [3.8, 4) is 12.3 Å². The summed E-state index contributed by atoms with van der Waals surface area (Å²) in [5.74, 6) is 3.29. The van der Waals surface area contributed by atoms with E-state index in [0.717, 1.165) is 22.8 Å². The van der Waals surface area contributed by atoms with E-state index in [1.807, 2.05) is 18.2 Å². The predicted molar refractivity (Wildman–Crippen MR) is 77.5 cm³/mol. The monoisotopic (exact) mass is 267 g/mol. The molecular formula is C15H10ClN3. The highest BCUT2D eigenvalue weighted by atomic mass is 35.5. The lowest BCUT2D eigenvalue weighted by atomic mass is 10.2. The van der Waals surface area contributed by atoms with Crippen LogP contribution in [0.5, 0.6) is 0 Å². The Labute approximate surface area is 116 Å². The minimum absolute atomic E-state index is 0.548. The van der Waals surface area contributed by atoms with Gasteiger partial charge in [-0.2, -0.15) is 0 Å². The summed E-state index contributed by atoms with van der Waals surface area (Å²) in [6.45, 7) is 0.654. The molecule has 0 unspecified atom stereocenters. The third-order valence-electron chi connectivity index (χ3n) is 2.91. The second-order valence-electron chi connectivity index (χ2n) is 4.14. The van der Waals surface area contributed by atoms with E-state index in [9.17, 15) is 0 Å². The van der Waals surface area contributed by atoms with E-state index in [0.29, 0.717) is 17.1 Å². The van der Waals surface area contributed by atoms with Crippen LogP contribution in [-0.4, -0.2) is 10.8 Å². The van der Waals surface area contributed by atoms with E-state index in [-0.39, 0.29) is 0 Å².